The van der Waals surface area contributed by atoms with Gasteiger partial charge >= 0.3 is 0 Å². The molecule has 2 heterocycles. The van der Waals surface area contributed by atoms with Crippen molar-refractivity contribution < 1.29 is 13.5 Å². The zero-order valence-electron chi connectivity index (χ0n) is 17.5. The van der Waals surface area contributed by atoms with Crippen molar-refractivity contribution >= 4 is 43.2 Å². The number of hydrogen-bond acceptors (Lipinski definition) is 8. The predicted octanol–water partition coefficient (Wildman–Crippen LogP) is 3.74. The molecule has 0 amide bonds. The fourth-order valence-corrected chi connectivity index (χ4v) is 4.60. The van der Waals surface area contributed by atoms with Crippen LogP contribution in [0.1, 0.15) is 12.5 Å². The second-order valence-corrected chi connectivity index (χ2v) is 10.2. The van der Waals surface area contributed by atoms with Crippen LogP contribution in [0.4, 0.5) is 17.5 Å². The molecule has 3 aromatic rings. The van der Waals surface area contributed by atoms with E-state index in [1.54, 1.807) is 42.9 Å². The van der Waals surface area contributed by atoms with Gasteiger partial charge in [-0.1, -0.05) is 24.3 Å². The summed E-state index contributed by atoms with van der Waals surface area (Å²) in [4.78, 5) is 12.8. The molecule has 3 N–H and O–H groups in total. The summed E-state index contributed by atoms with van der Waals surface area (Å²) in [6, 6.07) is 9.99. The Labute approximate surface area is 195 Å². The third-order valence-electron chi connectivity index (χ3n) is 4.42. The van der Waals surface area contributed by atoms with Gasteiger partial charge in [0.15, 0.2) is 9.84 Å². The van der Waals surface area contributed by atoms with E-state index in [1.165, 1.54) is 0 Å². The maximum absolute atomic E-state index is 12.9. The lowest BCUT2D eigenvalue weighted by atomic mass is 10.1. The SMILES string of the molecule is C=C(Cc1cccnc1)CS(=O)(=O)c1cccc(Nc2ncc(Br)c(N[C@H](C)CO)n2)c1. The van der Waals surface area contributed by atoms with Crippen LogP contribution in [0.15, 0.2) is 76.5 Å². The summed E-state index contributed by atoms with van der Waals surface area (Å²) < 4.78 is 26.5. The number of aliphatic hydroxyl groups is 1. The van der Waals surface area contributed by atoms with Crippen LogP contribution >= 0.6 is 15.9 Å². The monoisotopic (exact) mass is 517 g/mol. The van der Waals surface area contributed by atoms with Crippen molar-refractivity contribution in [2.24, 2.45) is 0 Å². The molecule has 1 aromatic carbocycles. The van der Waals surface area contributed by atoms with Crippen LogP contribution in [0.25, 0.3) is 0 Å². The standard InChI is InChI=1S/C22H24BrN5O3S/c1-15(9-17-5-4-8-24-11-17)14-32(30,31)19-7-3-6-18(10-19)27-22-25-12-20(23)21(28-22)26-16(2)13-29/h3-8,10-12,16,29H,1,9,13-14H2,2H3,(H2,25,26,27,28)/t16-/m1/s1. The van der Waals surface area contributed by atoms with Crippen LogP contribution in [-0.2, 0) is 16.3 Å². The molecule has 0 radical (unpaired) electrons. The Morgan fingerprint density at radius 3 is 2.78 bits per heavy atom. The molecule has 2 aromatic heterocycles. The predicted molar refractivity (Wildman–Crippen MR) is 129 cm³/mol. The van der Waals surface area contributed by atoms with Gasteiger partial charge in [-0.05, 0) is 59.1 Å². The molecule has 1 atom stereocenters. The number of hydrogen-bond donors (Lipinski definition) is 3. The van der Waals surface area contributed by atoms with E-state index in [0.29, 0.717) is 28.0 Å². The lowest BCUT2D eigenvalue weighted by Gasteiger charge is -2.14. The summed E-state index contributed by atoms with van der Waals surface area (Å²) in [5.74, 6) is 0.642. The van der Waals surface area contributed by atoms with E-state index in [1.807, 2.05) is 19.1 Å². The van der Waals surface area contributed by atoms with E-state index in [2.05, 4.69) is 48.1 Å². The van der Waals surface area contributed by atoms with Crippen molar-refractivity contribution in [1.82, 2.24) is 15.0 Å². The van der Waals surface area contributed by atoms with E-state index < -0.39 is 9.84 Å². The highest BCUT2D eigenvalue weighted by atomic mass is 79.9. The summed E-state index contributed by atoms with van der Waals surface area (Å²) in [6.45, 7) is 5.69. The van der Waals surface area contributed by atoms with Crippen LogP contribution in [0.3, 0.4) is 0 Å². The first-order valence-electron chi connectivity index (χ1n) is 9.82. The van der Waals surface area contributed by atoms with E-state index in [0.717, 1.165) is 5.56 Å². The highest BCUT2D eigenvalue weighted by molar-refractivity contribution is 9.10. The van der Waals surface area contributed by atoms with Gasteiger partial charge in [0.1, 0.15) is 5.82 Å². The first-order chi connectivity index (χ1) is 15.3. The van der Waals surface area contributed by atoms with Crippen molar-refractivity contribution in [3.63, 3.8) is 0 Å². The molecular formula is C22H24BrN5O3S. The minimum Gasteiger partial charge on any atom is -0.394 e. The van der Waals surface area contributed by atoms with Crippen molar-refractivity contribution in [3.8, 4) is 0 Å². The number of sulfone groups is 1. The molecule has 0 bridgehead atoms. The number of nitrogens with one attached hydrogen (secondary N) is 2. The molecule has 0 aliphatic carbocycles. The van der Waals surface area contributed by atoms with Gasteiger partial charge in [-0.2, -0.15) is 4.98 Å². The Balaban J connectivity index is 1.73. The number of aromatic nitrogens is 3. The lowest BCUT2D eigenvalue weighted by Crippen LogP contribution is -2.20. The van der Waals surface area contributed by atoms with Crippen molar-refractivity contribution in [1.29, 1.82) is 0 Å². The van der Waals surface area contributed by atoms with E-state index >= 15 is 0 Å². The zero-order valence-corrected chi connectivity index (χ0v) is 19.9. The van der Waals surface area contributed by atoms with Gasteiger partial charge in [-0.15, -0.1) is 0 Å². The molecule has 168 valence electrons. The van der Waals surface area contributed by atoms with Crippen LogP contribution in [0, 0.1) is 0 Å². The molecular weight excluding hydrogens is 494 g/mol. The van der Waals surface area contributed by atoms with Gasteiger partial charge in [-0.25, -0.2) is 13.4 Å². The van der Waals surface area contributed by atoms with Gasteiger partial charge in [0.05, 0.1) is 21.7 Å². The number of nitrogens with zero attached hydrogens (tertiary/aromatic N) is 3. The minimum absolute atomic E-state index is 0.0504. The Kier molecular flexibility index (Phi) is 7.94. The quantitative estimate of drug-likeness (QED) is 0.348. The van der Waals surface area contributed by atoms with E-state index in [4.69, 9.17) is 0 Å². The topological polar surface area (TPSA) is 117 Å². The van der Waals surface area contributed by atoms with Gasteiger partial charge in [0, 0.05) is 30.3 Å². The average Bonchev–Trinajstić information content (AvgIpc) is 2.76. The van der Waals surface area contributed by atoms with Crippen LogP contribution in [-0.4, -0.2) is 46.9 Å². The van der Waals surface area contributed by atoms with Crippen LogP contribution < -0.4 is 10.6 Å². The third-order valence-corrected chi connectivity index (χ3v) is 6.76. The number of halogens is 1. The van der Waals surface area contributed by atoms with Gasteiger partial charge < -0.3 is 15.7 Å². The number of benzene rings is 1. The first-order valence-corrected chi connectivity index (χ1v) is 12.3. The number of pyridine rings is 1. The first kappa shape index (κ1) is 23.8. The molecule has 0 aliphatic heterocycles. The van der Waals surface area contributed by atoms with Gasteiger partial charge in [-0.3, -0.25) is 4.98 Å². The summed E-state index contributed by atoms with van der Waals surface area (Å²) in [5.41, 5.74) is 2.03. The third kappa shape index (κ3) is 6.59. The molecule has 0 saturated carbocycles. The fraction of sp³-hybridized carbons (Fsp3) is 0.227. The Hall–Kier alpha value is -2.82. The Morgan fingerprint density at radius 2 is 2.06 bits per heavy atom. The Bertz CT molecular complexity index is 1190. The lowest BCUT2D eigenvalue weighted by molar-refractivity contribution is 0.281. The molecule has 0 aliphatic rings. The zero-order chi connectivity index (χ0) is 23.1. The highest BCUT2D eigenvalue weighted by Crippen LogP contribution is 2.24. The number of aliphatic hydroxyl groups excluding tert-OH is 1. The maximum Gasteiger partial charge on any atom is 0.229 e. The normalized spacial score (nSPS) is 12.2. The smallest absolute Gasteiger partial charge is 0.229 e. The summed E-state index contributed by atoms with van der Waals surface area (Å²) >= 11 is 3.37. The second kappa shape index (κ2) is 10.7. The average molecular weight is 518 g/mol. The second-order valence-electron chi connectivity index (χ2n) is 7.32. The van der Waals surface area contributed by atoms with Crippen molar-refractivity contribution in [3.05, 3.63) is 77.2 Å². The van der Waals surface area contributed by atoms with Gasteiger partial charge in [0.2, 0.25) is 5.95 Å². The maximum atomic E-state index is 12.9. The van der Waals surface area contributed by atoms with Crippen LogP contribution in [0.2, 0.25) is 0 Å². The van der Waals surface area contributed by atoms with E-state index in [9.17, 15) is 13.5 Å². The fourth-order valence-electron chi connectivity index (χ4n) is 2.90. The van der Waals surface area contributed by atoms with Crippen molar-refractivity contribution in [2.75, 3.05) is 23.0 Å². The van der Waals surface area contributed by atoms with E-state index in [-0.39, 0.29) is 29.2 Å². The number of rotatable bonds is 10. The molecule has 32 heavy (non-hydrogen) atoms. The summed E-state index contributed by atoms with van der Waals surface area (Å²) in [7, 11) is -3.58. The molecule has 8 nitrogen and oxygen atoms in total. The van der Waals surface area contributed by atoms with Gasteiger partial charge in [0.25, 0.3) is 0 Å². The molecule has 3 rings (SSSR count). The Morgan fingerprint density at radius 1 is 1.25 bits per heavy atom. The summed E-state index contributed by atoms with van der Waals surface area (Å²) in [6.07, 6.45) is 5.39. The molecule has 0 fully saturated rings. The number of anilines is 3. The molecule has 0 unspecified atom stereocenters. The molecule has 10 heteroatoms. The van der Waals surface area contributed by atoms with Crippen LogP contribution in [0.5, 0.6) is 0 Å². The van der Waals surface area contributed by atoms with Crippen molar-refractivity contribution in [2.45, 2.75) is 24.3 Å². The summed E-state index contributed by atoms with van der Waals surface area (Å²) in [5, 5.41) is 15.3. The molecule has 0 spiro atoms. The highest BCUT2D eigenvalue weighted by Gasteiger charge is 2.17. The minimum atomic E-state index is -3.58. The molecule has 0 saturated heterocycles. The largest absolute Gasteiger partial charge is 0.394 e.